The summed E-state index contributed by atoms with van der Waals surface area (Å²) in [6.07, 6.45) is 0.483. The van der Waals surface area contributed by atoms with Gasteiger partial charge in [0.15, 0.2) is 0 Å². The predicted molar refractivity (Wildman–Crippen MR) is 64.3 cm³/mol. The van der Waals surface area contributed by atoms with Gasteiger partial charge in [0.2, 0.25) is 0 Å². The van der Waals surface area contributed by atoms with Crippen molar-refractivity contribution < 1.29 is 9.90 Å². The van der Waals surface area contributed by atoms with Gasteiger partial charge >= 0.3 is 11.7 Å². The van der Waals surface area contributed by atoms with E-state index in [2.05, 4.69) is 15.3 Å². The van der Waals surface area contributed by atoms with Gasteiger partial charge in [-0.25, -0.2) is 9.59 Å². The maximum atomic E-state index is 11.1. The number of rotatable bonds is 4. The fourth-order valence-corrected chi connectivity index (χ4v) is 1.66. The molecule has 1 heterocycles. The van der Waals surface area contributed by atoms with Gasteiger partial charge in [0.05, 0.1) is 11.0 Å². The van der Waals surface area contributed by atoms with Gasteiger partial charge in [0.25, 0.3) is 0 Å². The van der Waals surface area contributed by atoms with Gasteiger partial charge in [-0.05, 0) is 24.6 Å². The smallest absolute Gasteiger partial charge is 0.326 e. The molecule has 6 nitrogen and oxygen atoms in total. The van der Waals surface area contributed by atoms with Crippen LogP contribution in [-0.2, 0) is 4.79 Å². The van der Waals surface area contributed by atoms with Gasteiger partial charge < -0.3 is 20.4 Å². The summed E-state index contributed by atoms with van der Waals surface area (Å²) in [6, 6.07) is 4.54. The van der Waals surface area contributed by atoms with Gasteiger partial charge in [0.1, 0.15) is 6.04 Å². The van der Waals surface area contributed by atoms with Crippen LogP contribution >= 0.6 is 0 Å². The number of aliphatic carboxylic acids is 1. The second-order valence-electron chi connectivity index (χ2n) is 3.78. The highest BCUT2D eigenvalue weighted by Gasteiger charge is 2.14. The van der Waals surface area contributed by atoms with Gasteiger partial charge in [-0.3, -0.25) is 0 Å². The number of aromatic amines is 2. The molecule has 1 aromatic heterocycles. The third kappa shape index (κ3) is 2.30. The van der Waals surface area contributed by atoms with E-state index in [-0.39, 0.29) is 5.69 Å². The third-order valence-electron chi connectivity index (χ3n) is 2.56. The molecule has 2 aromatic rings. The molecule has 0 aliphatic carbocycles. The molecule has 90 valence electrons. The van der Waals surface area contributed by atoms with Crippen LogP contribution in [-0.4, -0.2) is 27.1 Å². The Morgan fingerprint density at radius 2 is 2.12 bits per heavy atom. The Hall–Kier alpha value is -2.24. The summed E-state index contributed by atoms with van der Waals surface area (Å²) < 4.78 is 0. The largest absolute Gasteiger partial charge is 0.480 e. The van der Waals surface area contributed by atoms with E-state index in [1.807, 2.05) is 0 Å². The minimum absolute atomic E-state index is 0.276. The van der Waals surface area contributed by atoms with E-state index in [1.165, 1.54) is 0 Å². The first-order valence-electron chi connectivity index (χ1n) is 5.31. The predicted octanol–water partition coefficient (Wildman–Crippen LogP) is 1.13. The Bertz CT molecular complexity index is 599. The molecule has 6 heteroatoms. The number of imidazole rings is 1. The lowest BCUT2D eigenvalue weighted by atomic mass is 10.2. The van der Waals surface area contributed by atoms with Crippen molar-refractivity contribution in [1.82, 2.24) is 9.97 Å². The van der Waals surface area contributed by atoms with Crippen molar-refractivity contribution in [2.75, 3.05) is 5.32 Å². The molecule has 1 aromatic carbocycles. The van der Waals surface area contributed by atoms with Gasteiger partial charge in [0, 0.05) is 5.69 Å². The fraction of sp³-hybridized carbons (Fsp3) is 0.273. The lowest BCUT2D eigenvalue weighted by Gasteiger charge is -2.13. The summed E-state index contributed by atoms with van der Waals surface area (Å²) in [4.78, 5) is 27.2. The third-order valence-corrected chi connectivity index (χ3v) is 2.56. The molecule has 0 spiro atoms. The standard InChI is InChI=1S/C11H13N3O3/c1-2-7(10(15)16)12-6-3-4-8-9(5-6)14-11(17)13-8/h3-5,7,12H,2H2,1H3,(H,15,16)(H2,13,14,17). The van der Waals surface area contributed by atoms with E-state index >= 15 is 0 Å². The molecular weight excluding hydrogens is 222 g/mol. The Kier molecular flexibility index (Phi) is 2.86. The molecule has 1 atom stereocenters. The Balaban J connectivity index is 2.29. The molecular formula is C11H13N3O3. The normalized spacial score (nSPS) is 12.5. The number of fused-ring (bicyclic) bond motifs is 1. The van der Waals surface area contributed by atoms with E-state index < -0.39 is 12.0 Å². The molecule has 0 aliphatic rings. The van der Waals surface area contributed by atoms with Crippen molar-refractivity contribution in [1.29, 1.82) is 0 Å². The maximum absolute atomic E-state index is 11.1. The van der Waals surface area contributed by atoms with E-state index in [0.29, 0.717) is 23.1 Å². The monoisotopic (exact) mass is 235 g/mol. The number of carboxylic acids is 1. The molecule has 0 saturated heterocycles. The number of nitrogens with one attached hydrogen (secondary N) is 3. The summed E-state index contributed by atoms with van der Waals surface area (Å²) in [5.74, 6) is -0.893. The van der Waals surface area contributed by atoms with E-state index in [4.69, 9.17) is 5.11 Å². The molecule has 2 rings (SSSR count). The van der Waals surface area contributed by atoms with Crippen molar-refractivity contribution in [3.05, 3.63) is 28.7 Å². The van der Waals surface area contributed by atoms with E-state index in [9.17, 15) is 9.59 Å². The van der Waals surface area contributed by atoms with E-state index in [0.717, 1.165) is 0 Å². The molecule has 4 N–H and O–H groups in total. The molecule has 0 radical (unpaired) electrons. The SMILES string of the molecule is CCC(Nc1ccc2[nH]c(=O)[nH]c2c1)C(=O)O. The quantitative estimate of drug-likeness (QED) is 0.638. The van der Waals surface area contributed by atoms with Crippen LogP contribution in [0.25, 0.3) is 11.0 Å². The Morgan fingerprint density at radius 1 is 1.41 bits per heavy atom. The summed E-state index contributed by atoms with van der Waals surface area (Å²) in [6.45, 7) is 1.79. The van der Waals surface area contributed by atoms with Gasteiger partial charge in [-0.2, -0.15) is 0 Å². The van der Waals surface area contributed by atoms with Gasteiger partial charge in [-0.15, -0.1) is 0 Å². The average Bonchev–Trinajstić information content (AvgIpc) is 2.64. The van der Waals surface area contributed by atoms with Crippen molar-refractivity contribution in [3.63, 3.8) is 0 Å². The van der Waals surface area contributed by atoms with Crippen LogP contribution in [0.1, 0.15) is 13.3 Å². The lowest BCUT2D eigenvalue weighted by molar-refractivity contribution is -0.137. The first-order chi connectivity index (χ1) is 8.10. The second kappa shape index (κ2) is 4.32. The zero-order valence-electron chi connectivity index (χ0n) is 9.28. The Labute approximate surface area is 96.7 Å². The summed E-state index contributed by atoms with van der Waals surface area (Å²) in [5.41, 5.74) is 1.74. The maximum Gasteiger partial charge on any atom is 0.326 e. The fourth-order valence-electron chi connectivity index (χ4n) is 1.66. The zero-order chi connectivity index (χ0) is 12.4. The highest BCUT2D eigenvalue weighted by atomic mass is 16.4. The minimum atomic E-state index is -0.893. The first-order valence-corrected chi connectivity index (χ1v) is 5.31. The van der Waals surface area contributed by atoms with Crippen molar-refractivity contribution in [2.24, 2.45) is 0 Å². The van der Waals surface area contributed by atoms with Crippen molar-refractivity contribution in [3.8, 4) is 0 Å². The van der Waals surface area contributed by atoms with Crippen LogP contribution in [0, 0.1) is 0 Å². The molecule has 0 saturated carbocycles. The van der Waals surface area contributed by atoms with Crippen LogP contribution in [0.3, 0.4) is 0 Å². The average molecular weight is 235 g/mol. The molecule has 0 bridgehead atoms. The zero-order valence-corrected chi connectivity index (χ0v) is 9.28. The minimum Gasteiger partial charge on any atom is -0.480 e. The molecule has 0 aliphatic heterocycles. The van der Waals surface area contributed by atoms with Crippen molar-refractivity contribution >= 4 is 22.7 Å². The lowest BCUT2D eigenvalue weighted by Crippen LogP contribution is -2.28. The van der Waals surface area contributed by atoms with Crippen LogP contribution in [0.2, 0.25) is 0 Å². The molecule has 1 unspecified atom stereocenters. The van der Waals surface area contributed by atoms with Crippen LogP contribution in [0.15, 0.2) is 23.0 Å². The summed E-state index contributed by atoms with van der Waals surface area (Å²) in [7, 11) is 0. The number of aromatic nitrogens is 2. The number of hydrogen-bond acceptors (Lipinski definition) is 3. The molecule has 0 amide bonds. The Morgan fingerprint density at radius 3 is 2.76 bits per heavy atom. The summed E-state index contributed by atoms with van der Waals surface area (Å²) >= 11 is 0. The molecule has 0 fully saturated rings. The highest BCUT2D eigenvalue weighted by molar-refractivity contribution is 5.81. The number of hydrogen-bond donors (Lipinski definition) is 4. The van der Waals surface area contributed by atoms with Crippen molar-refractivity contribution in [2.45, 2.75) is 19.4 Å². The van der Waals surface area contributed by atoms with Crippen LogP contribution < -0.4 is 11.0 Å². The summed E-state index contributed by atoms with van der Waals surface area (Å²) in [5, 5.41) is 11.8. The number of carbonyl (C=O) groups is 1. The van der Waals surface area contributed by atoms with Crippen LogP contribution in [0.4, 0.5) is 5.69 Å². The topological polar surface area (TPSA) is 98.0 Å². The first kappa shape index (κ1) is 11.3. The van der Waals surface area contributed by atoms with E-state index in [1.54, 1.807) is 25.1 Å². The van der Waals surface area contributed by atoms with Gasteiger partial charge in [-0.1, -0.05) is 6.92 Å². The second-order valence-corrected chi connectivity index (χ2v) is 3.78. The van der Waals surface area contributed by atoms with Crippen LogP contribution in [0.5, 0.6) is 0 Å². The highest BCUT2D eigenvalue weighted by Crippen LogP contribution is 2.16. The number of carboxylic acid groups (broad SMARTS) is 1. The number of anilines is 1. The molecule has 17 heavy (non-hydrogen) atoms. The number of H-pyrrole nitrogens is 2. The number of benzene rings is 1.